The molecule has 0 aromatic carbocycles. The monoisotopic (exact) mass is 300 g/mol. The van der Waals surface area contributed by atoms with E-state index in [1.807, 2.05) is 18.7 Å². The van der Waals surface area contributed by atoms with Gasteiger partial charge in [0, 0.05) is 31.2 Å². The molecule has 1 unspecified atom stereocenters. The maximum atomic E-state index is 5.87. The zero-order valence-electron chi connectivity index (χ0n) is 13.4. The second-order valence-electron chi connectivity index (χ2n) is 5.95. The summed E-state index contributed by atoms with van der Waals surface area (Å²) in [5, 5.41) is 0. The maximum Gasteiger partial charge on any atom is 0.0946 e. The van der Waals surface area contributed by atoms with E-state index in [1.54, 1.807) is 6.20 Å². The Morgan fingerprint density at radius 2 is 2.32 bits per heavy atom. The van der Waals surface area contributed by atoms with Crippen molar-refractivity contribution in [2.75, 3.05) is 24.6 Å². The summed E-state index contributed by atoms with van der Waals surface area (Å²) >= 11 is 0. The zero-order valence-corrected chi connectivity index (χ0v) is 13.4. The molecule has 0 spiro atoms. The highest BCUT2D eigenvalue weighted by molar-refractivity contribution is 5.45. The number of hydrogen-bond donors (Lipinski definition) is 0. The second kappa shape index (κ2) is 6.92. The molecule has 0 bridgehead atoms. The molecular formula is C17H24N4O. The largest absolute Gasteiger partial charge is 0.373 e. The van der Waals surface area contributed by atoms with Crippen molar-refractivity contribution in [2.24, 2.45) is 0 Å². The third kappa shape index (κ3) is 3.47. The van der Waals surface area contributed by atoms with E-state index in [1.165, 1.54) is 11.4 Å². The number of aromatic nitrogens is 3. The van der Waals surface area contributed by atoms with Crippen LogP contribution in [0.25, 0.3) is 0 Å². The van der Waals surface area contributed by atoms with Crippen LogP contribution in [0.15, 0.2) is 37.1 Å². The summed E-state index contributed by atoms with van der Waals surface area (Å²) in [4.78, 5) is 11.1. The third-order valence-corrected chi connectivity index (χ3v) is 4.37. The number of ether oxygens (including phenoxy) is 1. The van der Waals surface area contributed by atoms with Gasteiger partial charge < -0.3 is 14.2 Å². The van der Waals surface area contributed by atoms with Crippen LogP contribution >= 0.6 is 0 Å². The molecule has 1 saturated heterocycles. The molecule has 5 heteroatoms. The van der Waals surface area contributed by atoms with E-state index >= 15 is 0 Å². The Balaban J connectivity index is 1.64. The molecular weight excluding hydrogens is 276 g/mol. The standard InChI is InChI=1S/C17H24N4O/c1-3-14(2)17-5-4-15(10-19-17)21-8-9-22-16(12-21)11-20-7-6-18-13-20/h4-7,10,13-14,16H,3,8-9,11-12H2,1-2H3/t14?,16-/m1/s1. The lowest BCUT2D eigenvalue weighted by atomic mass is 10.0. The minimum atomic E-state index is 0.192. The van der Waals surface area contributed by atoms with E-state index in [2.05, 4.69) is 45.4 Å². The minimum Gasteiger partial charge on any atom is -0.373 e. The van der Waals surface area contributed by atoms with Gasteiger partial charge in [0.15, 0.2) is 0 Å². The fourth-order valence-electron chi connectivity index (χ4n) is 2.78. The summed E-state index contributed by atoms with van der Waals surface area (Å²) in [6.45, 7) is 7.83. The number of imidazole rings is 1. The first-order valence-corrected chi connectivity index (χ1v) is 8.04. The van der Waals surface area contributed by atoms with Crippen LogP contribution < -0.4 is 4.90 Å². The Hall–Kier alpha value is -1.88. The van der Waals surface area contributed by atoms with Crippen LogP contribution in [0.3, 0.4) is 0 Å². The second-order valence-corrected chi connectivity index (χ2v) is 5.95. The Morgan fingerprint density at radius 1 is 1.41 bits per heavy atom. The van der Waals surface area contributed by atoms with Crippen LogP contribution in [-0.4, -0.2) is 40.3 Å². The number of anilines is 1. The number of pyridine rings is 1. The van der Waals surface area contributed by atoms with Gasteiger partial charge in [0.1, 0.15) is 0 Å². The van der Waals surface area contributed by atoms with E-state index in [0.29, 0.717) is 5.92 Å². The van der Waals surface area contributed by atoms with Gasteiger partial charge in [-0.3, -0.25) is 4.98 Å². The van der Waals surface area contributed by atoms with Crippen LogP contribution in [0.4, 0.5) is 5.69 Å². The van der Waals surface area contributed by atoms with Gasteiger partial charge in [0.05, 0.1) is 37.5 Å². The number of morpholine rings is 1. The van der Waals surface area contributed by atoms with Crippen LogP contribution in [0, 0.1) is 0 Å². The Morgan fingerprint density at radius 3 is 3.00 bits per heavy atom. The molecule has 2 atom stereocenters. The molecule has 1 fully saturated rings. The van der Waals surface area contributed by atoms with Gasteiger partial charge in [-0.25, -0.2) is 4.98 Å². The van der Waals surface area contributed by atoms with Crippen molar-refractivity contribution in [2.45, 2.75) is 38.8 Å². The molecule has 0 saturated carbocycles. The summed E-state index contributed by atoms with van der Waals surface area (Å²) < 4.78 is 7.94. The number of nitrogens with zero attached hydrogens (tertiary/aromatic N) is 4. The molecule has 5 nitrogen and oxygen atoms in total. The Bertz CT molecular complexity index is 567. The molecule has 3 rings (SSSR count). The summed E-state index contributed by atoms with van der Waals surface area (Å²) in [6, 6.07) is 4.35. The van der Waals surface area contributed by atoms with Gasteiger partial charge in [-0.15, -0.1) is 0 Å². The lowest BCUT2D eigenvalue weighted by Gasteiger charge is -2.34. The van der Waals surface area contributed by atoms with Crippen molar-refractivity contribution in [1.29, 1.82) is 0 Å². The average Bonchev–Trinajstić information content (AvgIpc) is 3.07. The van der Waals surface area contributed by atoms with Crippen LogP contribution in [-0.2, 0) is 11.3 Å². The van der Waals surface area contributed by atoms with E-state index in [0.717, 1.165) is 32.7 Å². The first kappa shape index (κ1) is 15.0. The molecule has 0 radical (unpaired) electrons. The zero-order chi connectivity index (χ0) is 15.4. The van der Waals surface area contributed by atoms with Crippen molar-refractivity contribution in [3.8, 4) is 0 Å². The van der Waals surface area contributed by atoms with E-state index in [9.17, 15) is 0 Å². The van der Waals surface area contributed by atoms with Crippen molar-refractivity contribution < 1.29 is 4.74 Å². The van der Waals surface area contributed by atoms with Crippen molar-refractivity contribution in [3.05, 3.63) is 42.7 Å². The normalized spacial score (nSPS) is 20.1. The Labute approximate surface area is 131 Å². The van der Waals surface area contributed by atoms with Crippen molar-refractivity contribution >= 4 is 5.69 Å². The van der Waals surface area contributed by atoms with Gasteiger partial charge in [-0.1, -0.05) is 13.8 Å². The van der Waals surface area contributed by atoms with Gasteiger partial charge in [-0.05, 0) is 24.5 Å². The van der Waals surface area contributed by atoms with Gasteiger partial charge >= 0.3 is 0 Å². The van der Waals surface area contributed by atoms with Gasteiger partial charge in [0.25, 0.3) is 0 Å². The van der Waals surface area contributed by atoms with Crippen molar-refractivity contribution in [1.82, 2.24) is 14.5 Å². The predicted molar refractivity (Wildman–Crippen MR) is 87.1 cm³/mol. The van der Waals surface area contributed by atoms with E-state index in [4.69, 9.17) is 4.74 Å². The first-order valence-electron chi connectivity index (χ1n) is 8.04. The summed E-state index contributed by atoms with van der Waals surface area (Å²) in [6.07, 6.45) is 8.93. The maximum absolute atomic E-state index is 5.87. The van der Waals surface area contributed by atoms with Gasteiger partial charge in [-0.2, -0.15) is 0 Å². The number of rotatable bonds is 5. The molecule has 2 aromatic rings. The van der Waals surface area contributed by atoms with Crippen LogP contribution in [0.5, 0.6) is 0 Å². The lowest BCUT2D eigenvalue weighted by Crippen LogP contribution is -2.44. The highest BCUT2D eigenvalue weighted by Gasteiger charge is 2.21. The molecule has 0 aliphatic carbocycles. The van der Waals surface area contributed by atoms with Crippen molar-refractivity contribution in [3.63, 3.8) is 0 Å². The first-order chi connectivity index (χ1) is 10.8. The molecule has 0 N–H and O–H groups in total. The Kier molecular flexibility index (Phi) is 4.73. The molecule has 118 valence electrons. The predicted octanol–water partition coefficient (Wildman–Crippen LogP) is 2.70. The molecule has 22 heavy (non-hydrogen) atoms. The summed E-state index contributed by atoms with van der Waals surface area (Å²) in [5.74, 6) is 0.521. The molecule has 0 amide bonds. The van der Waals surface area contributed by atoms with Crippen LogP contribution in [0.1, 0.15) is 31.9 Å². The van der Waals surface area contributed by atoms with Gasteiger partial charge in [0.2, 0.25) is 0 Å². The molecule has 2 aromatic heterocycles. The highest BCUT2D eigenvalue weighted by Crippen LogP contribution is 2.21. The lowest BCUT2D eigenvalue weighted by molar-refractivity contribution is 0.0296. The van der Waals surface area contributed by atoms with Crippen LogP contribution in [0.2, 0.25) is 0 Å². The summed E-state index contributed by atoms with van der Waals surface area (Å²) in [7, 11) is 0. The fourth-order valence-corrected chi connectivity index (χ4v) is 2.78. The minimum absolute atomic E-state index is 0.192. The molecule has 1 aliphatic heterocycles. The average molecular weight is 300 g/mol. The fraction of sp³-hybridized carbons (Fsp3) is 0.529. The quantitative estimate of drug-likeness (QED) is 0.851. The molecule has 1 aliphatic rings. The summed E-state index contributed by atoms with van der Waals surface area (Å²) in [5.41, 5.74) is 2.36. The topological polar surface area (TPSA) is 43.2 Å². The SMILES string of the molecule is CCC(C)c1ccc(N2CCO[C@H](Cn3ccnc3)C2)cn1. The van der Waals surface area contributed by atoms with E-state index in [-0.39, 0.29) is 6.10 Å². The van der Waals surface area contributed by atoms with E-state index < -0.39 is 0 Å². The third-order valence-electron chi connectivity index (χ3n) is 4.37. The number of hydrogen-bond acceptors (Lipinski definition) is 4. The molecule has 3 heterocycles. The smallest absolute Gasteiger partial charge is 0.0946 e. The highest BCUT2D eigenvalue weighted by atomic mass is 16.5.